The van der Waals surface area contributed by atoms with Crippen molar-refractivity contribution in [2.24, 2.45) is 0 Å². The molecule has 12 heteroatoms. The molecular formula is C17H15BrN2O8S. The number of carboxylic acid groups (broad SMARTS) is 2. The van der Waals surface area contributed by atoms with Gasteiger partial charge in [0.15, 0.2) is 9.84 Å². The van der Waals surface area contributed by atoms with Crippen LogP contribution in [0.3, 0.4) is 0 Å². The number of benzene rings is 2. The van der Waals surface area contributed by atoms with Gasteiger partial charge in [0.25, 0.3) is 5.69 Å². The van der Waals surface area contributed by atoms with E-state index in [0.717, 1.165) is 18.2 Å². The van der Waals surface area contributed by atoms with Gasteiger partial charge >= 0.3 is 11.9 Å². The SMILES string of the molecule is O=C(O)c1ccc(NC(CS(=O)(=O)Cc2cccc(Br)c2)C(=O)O)c([N+](=O)[O-])c1. The number of nitrogens with one attached hydrogen (secondary N) is 1. The van der Waals surface area contributed by atoms with E-state index >= 15 is 0 Å². The van der Waals surface area contributed by atoms with E-state index in [1.807, 2.05) is 0 Å². The highest BCUT2D eigenvalue weighted by Crippen LogP contribution is 2.27. The maximum absolute atomic E-state index is 12.4. The maximum Gasteiger partial charge on any atom is 0.335 e. The molecule has 0 aliphatic rings. The van der Waals surface area contributed by atoms with Crippen LogP contribution in [-0.2, 0) is 20.4 Å². The molecule has 3 N–H and O–H groups in total. The Balaban J connectivity index is 2.27. The molecule has 0 saturated heterocycles. The molecule has 2 aromatic rings. The van der Waals surface area contributed by atoms with Crippen molar-refractivity contribution in [2.75, 3.05) is 11.1 Å². The number of carboxylic acids is 2. The van der Waals surface area contributed by atoms with Crippen LogP contribution in [0.2, 0.25) is 0 Å². The summed E-state index contributed by atoms with van der Waals surface area (Å²) >= 11 is 3.22. The number of aromatic carboxylic acids is 1. The van der Waals surface area contributed by atoms with Gasteiger partial charge in [-0.25, -0.2) is 18.0 Å². The fourth-order valence-electron chi connectivity index (χ4n) is 2.49. The molecule has 0 aliphatic carbocycles. The number of nitro benzene ring substituents is 1. The number of halogens is 1. The zero-order chi connectivity index (χ0) is 21.8. The minimum Gasteiger partial charge on any atom is -0.480 e. The lowest BCUT2D eigenvalue weighted by Gasteiger charge is -2.16. The summed E-state index contributed by atoms with van der Waals surface area (Å²) in [7, 11) is -3.90. The summed E-state index contributed by atoms with van der Waals surface area (Å²) in [5, 5.41) is 31.9. The Kier molecular flexibility index (Phi) is 6.93. The number of hydrogen-bond acceptors (Lipinski definition) is 7. The lowest BCUT2D eigenvalue weighted by molar-refractivity contribution is -0.384. The molecule has 0 bridgehead atoms. The Bertz CT molecular complexity index is 1070. The van der Waals surface area contributed by atoms with Crippen molar-refractivity contribution in [3.8, 4) is 0 Å². The van der Waals surface area contributed by atoms with E-state index in [1.54, 1.807) is 24.3 Å². The van der Waals surface area contributed by atoms with Crippen LogP contribution in [-0.4, -0.2) is 47.3 Å². The van der Waals surface area contributed by atoms with Gasteiger partial charge in [0.1, 0.15) is 11.7 Å². The van der Waals surface area contributed by atoms with Crippen molar-refractivity contribution in [1.29, 1.82) is 0 Å². The number of rotatable bonds is 9. The van der Waals surface area contributed by atoms with Crippen LogP contribution in [0.25, 0.3) is 0 Å². The molecule has 0 radical (unpaired) electrons. The number of nitro groups is 1. The quantitative estimate of drug-likeness (QED) is 0.356. The summed E-state index contributed by atoms with van der Waals surface area (Å²) < 4.78 is 25.6. The summed E-state index contributed by atoms with van der Waals surface area (Å²) in [6.07, 6.45) is 0. The van der Waals surface area contributed by atoms with Crippen LogP contribution in [0, 0.1) is 10.1 Å². The minimum absolute atomic E-state index is 0.301. The fourth-order valence-corrected chi connectivity index (χ4v) is 4.48. The van der Waals surface area contributed by atoms with Crippen LogP contribution in [0.5, 0.6) is 0 Å². The monoisotopic (exact) mass is 486 g/mol. The second kappa shape index (κ2) is 9.01. The highest BCUT2D eigenvalue weighted by molar-refractivity contribution is 9.10. The van der Waals surface area contributed by atoms with Gasteiger partial charge in [-0.1, -0.05) is 28.1 Å². The Hall–Kier alpha value is -2.99. The molecule has 154 valence electrons. The predicted molar refractivity (Wildman–Crippen MR) is 107 cm³/mol. The van der Waals surface area contributed by atoms with Crippen molar-refractivity contribution in [1.82, 2.24) is 0 Å². The highest BCUT2D eigenvalue weighted by Gasteiger charge is 2.28. The molecule has 0 aliphatic heterocycles. The van der Waals surface area contributed by atoms with E-state index in [4.69, 9.17) is 5.11 Å². The van der Waals surface area contributed by atoms with Crippen molar-refractivity contribution < 1.29 is 33.1 Å². The van der Waals surface area contributed by atoms with E-state index in [1.165, 1.54) is 0 Å². The first-order valence-corrected chi connectivity index (χ1v) is 10.6. The Morgan fingerprint density at radius 3 is 2.41 bits per heavy atom. The Labute approximate surface area is 173 Å². The van der Waals surface area contributed by atoms with Crippen molar-refractivity contribution in [2.45, 2.75) is 11.8 Å². The number of sulfone groups is 1. The normalized spacial score (nSPS) is 12.2. The van der Waals surface area contributed by atoms with Crippen LogP contribution >= 0.6 is 15.9 Å². The molecule has 0 fully saturated rings. The van der Waals surface area contributed by atoms with Gasteiger partial charge in [0, 0.05) is 10.5 Å². The lowest BCUT2D eigenvalue weighted by atomic mass is 10.1. The van der Waals surface area contributed by atoms with Gasteiger partial charge < -0.3 is 15.5 Å². The van der Waals surface area contributed by atoms with Gasteiger partial charge in [-0.2, -0.15) is 0 Å². The number of anilines is 1. The largest absolute Gasteiger partial charge is 0.480 e. The summed E-state index contributed by atoms with van der Waals surface area (Å²) in [5.41, 5.74) is -0.901. The van der Waals surface area contributed by atoms with Gasteiger partial charge in [0.2, 0.25) is 0 Å². The second-order valence-corrected chi connectivity index (χ2v) is 9.04. The third kappa shape index (κ3) is 6.26. The summed E-state index contributed by atoms with van der Waals surface area (Å²) in [5.74, 6) is -4.17. The zero-order valence-corrected chi connectivity index (χ0v) is 17.0. The molecule has 0 spiro atoms. The van der Waals surface area contributed by atoms with E-state index < -0.39 is 49.9 Å². The fraction of sp³-hybridized carbons (Fsp3) is 0.176. The van der Waals surface area contributed by atoms with Crippen LogP contribution < -0.4 is 5.32 Å². The van der Waals surface area contributed by atoms with Crippen LogP contribution in [0.1, 0.15) is 15.9 Å². The number of carbonyl (C=O) groups is 2. The molecule has 0 saturated carbocycles. The number of hydrogen-bond donors (Lipinski definition) is 3. The zero-order valence-electron chi connectivity index (χ0n) is 14.6. The molecule has 10 nitrogen and oxygen atoms in total. The van der Waals surface area contributed by atoms with Gasteiger partial charge in [-0.05, 0) is 29.8 Å². The molecule has 1 unspecified atom stereocenters. The van der Waals surface area contributed by atoms with Crippen molar-refractivity contribution in [3.05, 3.63) is 68.2 Å². The van der Waals surface area contributed by atoms with Crippen LogP contribution in [0.15, 0.2) is 46.9 Å². The topological polar surface area (TPSA) is 164 Å². The molecule has 2 aromatic carbocycles. The standard InChI is InChI=1S/C17H15BrN2O8S/c18-12-3-1-2-10(6-12)8-29(27,28)9-14(17(23)24)19-13-5-4-11(16(21)22)7-15(13)20(25)26/h1-7,14,19H,8-9H2,(H,21,22)(H,23,24). The third-order valence-corrected chi connectivity index (χ3v) is 5.87. The third-order valence-electron chi connectivity index (χ3n) is 3.77. The molecule has 2 rings (SSSR count). The summed E-state index contributed by atoms with van der Waals surface area (Å²) in [6.45, 7) is 0. The first-order valence-electron chi connectivity index (χ1n) is 7.94. The highest BCUT2D eigenvalue weighted by atomic mass is 79.9. The smallest absolute Gasteiger partial charge is 0.335 e. The lowest BCUT2D eigenvalue weighted by Crippen LogP contribution is -2.37. The molecule has 1 atom stereocenters. The maximum atomic E-state index is 12.4. The number of nitrogens with zero attached hydrogens (tertiary/aromatic N) is 1. The Morgan fingerprint density at radius 2 is 1.86 bits per heavy atom. The predicted octanol–water partition coefficient (Wildman–Crippen LogP) is 2.54. The van der Waals surface area contributed by atoms with E-state index in [0.29, 0.717) is 10.0 Å². The first kappa shape index (κ1) is 22.3. The molecule has 29 heavy (non-hydrogen) atoms. The summed E-state index contributed by atoms with van der Waals surface area (Å²) in [6, 6.07) is 7.65. The first-order chi connectivity index (χ1) is 13.5. The van der Waals surface area contributed by atoms with Gasteiger partial charge in [-0.3, -0.25) is 10.1 Å². The van der Waals surface area contributed by atoms with E-state index in [9.17, 15) is 33.2 Å². The van der Waals surface area contributed by atoms with Gasteiger partial charge in [-0.15, -0.1) is 0 Å². The average molecular weight is 487 g/mol. The minimum atomic E-state index is -3.90. The van der Waals surface area contributed by atoms with E-state index in [2.05, 4.69) is 21.2 Å². The van der Waals surface area contributed by atoms with Gasteiger partial charge in [0.05, 0.1) is 22.0 Å². The molecular weight excluding hydrogens is 472 g/mol. The molecule has 0 aromatic heterocycles. The van der Waals surface area contributed by atoms with Crippen LogP contribution in [0.4, 0.5) is 11.4 Å². The Morgan fingerprint density at radius 1 is 1.17 bits per heavy atom. The van der Waals surface area contributed by atoms with Crippen molar-refractivity contribution in [3.63, 3.8) is 0 Å². The molecule has 0 amide bonds. The second-order valence-electron chi connectivity index (χ2n) is 6.01. The van der Waals surface area contributed by atoms with Crippen molar-refractivity contribution >= 4 is 49.1 Å². The summed E-state index contributed by atoms with van der Waals surface area (Å²) in [4.78, 5) is 32.9. The molecule has 0 heterocycles. The average Bonchev–Trinajstić information content (AvgIpc) is 2.60. The number of aliphatic carboxylic acids is 1. The van der Waals surface area contributed by atoms with E-state index in [-0.39, 0.29) is 11.3 Å².